The Hall–Kier alpha value is -1.22. The zero-order chi connectivity index (χ0) is 18.4. The molecule has 3 aliphatic rings. The highest BCUT2D eigenvalue weighted by molar-refractivity contribution is 7.86. The van der Waals surface area contributed by atoms with E-state index in [0.717, 1.165) is 36.2 Å². The first-order chi connectivity index (χ1) is 11.7. The van der Waals surface area contributed by atoms with E-state index in [1.54, 1.807) is 24.6 Å². The lowest BCUT2D eigenvalue weighted by Gasteiger charge is -2.36. The monoisotopic (exact) mass is 368 g/mol. The minimum Gasteiger partial charge on any atom is -0.363 e. The van der Waals surface area contributed by atoms with Gasteiger partial charge in [0.25, 0.3) is 10.2 Å². The number of fused-ring (bicyclic) bond motifs is 4. The molecule has 0 saturated carbocycles. The van der Waals surface area contributed by atoms with Crippen molar-refractivity contribution >= 4 is 10.2 Å². The van der Waals surface area contributed by atoms with Gasteiger partial charge in [0.2, 0.25) is 0 Å². The smallest absolute Gasteiger partial charge is 0.281 e. The van der Waals surface area contributed by atoms with E-state index >= 15 is 0 Å². The number of hydrogen-bond donors (Lipinski definition) is 1. The summed E-state index contributed by atoms with van der Waals surface area (Å²) in [6, 6.07) is 0.192. The molecule has 0 unspecified atom stereocenters. The number of piperidine rings is 1. The molecule has 4 heterocycles. The molecule has 2 atom stereocenters. The summed E-state index contributed by atoms with van der Waals surface area (Å²) in [4.78, 5) is 17.8. The molecule has 0 spiro atoms. The van der Waals surface area contributed by atoms with Crippen LogP contribution in [0.25, 0.3) is 0 Å². The maximum atomic E-state index is 12.5. The number of nitrogens with one attached hydrogen (secondary N) is 1. The molecular formula is C17H28N4O3S. The second-order valence-corrected chi connectivity index (χ2v) is 9.68. The van der Waals surface area contributed by atoms with Gasteiger partial charge in [-0.2, -0.15) is 17.0 Å². The van der Waals surface area contributed by atoms with Crippen LogP contribution in [0, 0.1) is 19.8 Å². The summed E-state index contributed by atoms with van der Waals surface area (Å²) in [5.41, 5.74) is 2.51. The molecule has 25 heavy (non-hydrogen) atoms. The molecule has 2 bridgehead atoms. The van der Waals surface area contributed by atoms with E-state index < -0.39 is 10.2 Å². The van der Waals surface area contributed by atoms with Gasteiger partial charge in [-0.1, -0.05) is 0 Å². The van der Waals surface area contributed by atoms with Crippen molar-refractivity contribution in [2.24, 2.45) is 5.92 Å². The van der Waals surface area contributed by atoms with E-state index in [1.165, 1.54) is 4.31 Å². The molecule has 4 rings (SSSR count). The molecule has 0 aromatic carbocycles. The van der Waals surface area contributed by atoms with E-state index in [2.05, 4.69) is 9.88 Å². The Bertz CT molecular complexity index is 803. The zero-order valence-corrected chi connectivity index (χ0v) is 16.3. The summed E-state index contributed by atoms with van der Waals surface area (Å²) >= 11 is 0. The maximum Gasteiger partial charge on any atom is 0.281 e. The lowest BCUT2D eigenvalue weighted by molar-refractivity contribution is 0.123. The van der Waals surface area contributed by atoms with Crippen LogP contribution in [0.4, 0.5) is 0 Å². The van der Waals surface area contributed by atoms with E-state index in [9.17, 15) is 13.2 Å². The van der Waals surface area contributed by atoms with Gasteiger partial charge >= 0.3 is 0 Å². The third kappa shape index (κ3) is 3.53. The molecule has 0 aliphatic carbocycles. The largest absolute Gasteiger partial charge is 0.363 e. The van der Waals surface area contributed by atoms with Crippen molar-refractivity contribution < 1.29 is 8.42 Å². The maximum absolute atomic E-state index is 12.5. The fourth-order valence-electron chi connectivity index (χ4n) is 3.92. The average molecular weight is 369 g/mol. The molecule has 7 nitrogen and oxygen atoms in total. The van der Waals surface area contributed by atoms with Crippen LogP contribution >= 0.6 is 0 Å². The van der Waals surface area contributed by atoms with Crippen LogP contribution in [0.2, 0.25) is 0 Å². The van der Waals surface area contributed by atoms with Crippen molar-refractivity contribution in [3.63, 3.8) is 0 Å². The van der Waals surface area contributed by atoms with Crippen molar-refractivity contribution in [3.05, 3.63) is 33.2 Å². The molecule has 1 aromatic rings. The van der Waals surface area contributed by atoms with Crippen LogP contribution in [0.15, 0.2) is 11.0 Å². The van der Waals surface area contributed by atoms with Gasteiger partial charge in [-0.25, -0.2) is 0 Å². The van der Waals surface area contributed by atoms with Gasteiger partial charge in [0.15, 0.2) is 5.43 Å². The quantitative estimate of drug-likeness (QED) is 0.849. The highest BCUT2D eigenvalue weighted by Crippen LogP contribution is 2.30. The van der Waals surface area contributed by atoms with Crippen LogP contribution in [-0.4, -0.2) is 66.7 Å². The Balaban J connectivity index is 1.82. The molecule has 3 fully saturated rings. The van der Waals surface area contributed by atoms with E-state index in [0.29, 0.717) is 25.6 Å². The molecule has 3 aliphatic heterocycles. The minimum atomic E-state index is -3.38. The summed E-state index contributed by atoms with van der Waals surface area (Å²) in [6.07, 6.45) is 3.83. The molecular weight excluding hydrogens is 340 g/mol. The highest BCUT2D eigenvalue weighted by Gasteiger charge is 2.39. The first-order valence-electron chi connectivity index (χ1n) is 8.79. The van der Waals surface area contributed by atoms with Crippen molar-refractivity contribution in [1.29, 1.82) is 0 Å². The van der Waals surface area contributed by atoms with E-state index in [-0.39, 0.29) is 11.5 Å². The number of hydrogen-bond acceptors (Lipinski definition) is 4. The molecule has 8 heteroatoms. The van der Waals surface area contributed by atoms with Crippen LogP contribution in [0.3, 0.4) is 0 Å². The topological polar surface area (TPSA) is 76.7 Å². The van der Waals surface area contributed by atoms with Crippen molar-refractivity contribution in [2.75, 3.05) is 33.7 Å². The molecule has 140 valence electrons. The fraction of sp³-hybridized carbons (Fsp3) is 0.706. The van der Waals surface area contributed by atoms with Gasteiger partial charge in [-0.05, 0) is 32.6 Å². The first kappa shape index (κ1) is 18.6. The van der Waals surface area contributed by atoms with Gasteiger partial charge in [-0.3, -0.25) is 9.69 Å². The number of aromatic amines is 1. The van der Waals surface area contributed by atoms with Crippen LogP contribution < -0.4 is 5.43 Å². The average Bonchev–Trinajstić information content (AvgIpc) is 2.87. The number of aromatic nitrogens is 1. The summed E-state index contributed by atoms with van der Waals surface area (Å²) in [5.74, 6) is 0.339. The third-order valence-corrected chi connectivity index (χ3v) is 7.43. The molecule has 1 aromatic heterocycles. The van der Waals surface area contributed by atoms with E-state index in [4.69, 9.17) is 0 Å². The summed E-state index contributed by atoms with van der Waals surface area (Å²) in [6.45, 7) is 6.31. The first-order valence-corrected chi connectivity index (χ1v) is 10.2. The van der Waals surface area contributed by atoms with Gasteiger partial charge in [0.05, 0.1) is 0 Å². The Kier molecular flexibility index (Phi) is 5.07. The van der Waals surface area contributed by atoms with Gasteiger partial charge in [0.1, 0.15) is 0 Å². The Labute approximate surface area is 149 Å². The second-order valence-electron chi connectivity index (χ2n) is 7.54. The Morgan fingerprint density at radius 1 is 1.20 bits per heavy atom. The lowest BCUT2D eigenvalue weighted by Crippen LogP contribution is -2.46. The van der Waals surface area contributed by atoms with Crippen LogP contribution in [0.5, 0.6) is 0 Å². The van der Waals surface area contributed by atoms with Crippen molar-refractivity contribution in [1.82, 2.24) is 18.5 Å². The number of pyridine rings is 1. The Morgan fingerprint density at radius 2 is 1.92 bits per heavy atom. The highest BCUT2D eigenvalue weighted by atomic mass is 32.2. The fourth-order valence-corrected chi connectivity index (χ4v) is 5.14. The summed E-state index contributed by atoms with van der Waals surface area (Å²) < 4.78 is 28.0. The SMILES string of the molecule is Cc1c[nH]c(CN2C[C@H]3CC[C@@H]2CN(S(=O)(=O)N(C)C)C3)c(C)c1=O. The van der Waals surface area contributed by atoms with Crippen molar-refractivity contribution in [2.45, 2.75) is 39.3 Å². The summed E-state index contributed by atoms with van der Waals surface area (Å²) in [5, 5.41) is 0. The third-order valence-electron chi connectivity index (χ3n) is 5.56. The second kappa shape index (κ2) is 6.83. The predicted octanol–water partition coefficient (Wildman–Crippen LogP) is 0.694. The number of H-pyrrole nitrogens is 1. The lowest BCUT2D eigenvalue weighted by atomic mass is 9.94. The van der Waals surface area contributed by atoms with Crippen LogP contribution in [-0.2, 0) is 16.8 Å². The molecule has 3 saturated heterocycles. The zero-order valence-electron chi connectivity index (χ0n) is 15.4. The van der Waals surface area contributed by atoms with Gasteiger partial charge in [-0.15, -0.1) is 0 Å². The number of aryl methyl sites for hydroxylation is 1. The minimum absolute atomic E-state index is 0.0885. The van der Waals surface area contributed by atoms with E-state index in [1.807, 2.05) is 13.8 Å². The van der Waals surface area contributed by atoms with Crippen LogP contribution in [0.1, 0.15) is 29.7 Å². The van der Waals surface area contributed by atoms with Gasteiger partial charge in [0, 0.05) is 69.3 Å². The standard InChI is InChI=1S/C17H28N4O3S/c1-12-7-18-16(13(2)17(12)22)11-20-8-14-5-6-15(20)10-21(9-14)25(23,24)19(3)4/h7,14-15H,5-6,8-11H2,1-4H3,(H,18,22)/t14-,15-/m1/s1. The number of nitrogens with zero attached hydrogens (tertiary/aromatic N) is 3. The summed E-state index contributed by atoms with van der Waals surface area (Å²) in [7, 11) is -0.216. The van der Waals surface area contributed by atoms with Gasteiger partial charge < -0.3 is 4.98 Å². The molecule has 0 amide bonds. The predicted molar refractivity (Wildman–Crippen MR) is 97.6 cm³/mol. The normalized spacial score (nSPS) is 25.5. The van der Waals surface area contributed by atoms with Crippen molar-refractivity contribution in [3.8, 4) is 0 Å². The molecule has 0 radical (unpaired) electrons. The number of rotatable bonds is 4. The molecule has 1 N–H and O–H groups in total. The Morgan fingerprint density at radius 3 is 2.60 bits per heavy atom.